The van der Waals surface area contributed by atoms with E-state index in [1.807, 2.05) is 4.90 Å². The highest BCUT2D eigenvalue weighted by Gasteiger charge is 2.37. The standard InChI is InChI=1S/C20H23FN6O3S/c1-30-20(31)22-11-14-12-27(24-23-14)15-4-5-17(16(21)10-15)25-6-8-26(9-7-25)19(29)18(28)13-2-3-13/h4-5,10,12-13H,2-3,6-9,11H2,1H3,(H,22,31). The third kappa shape index (κ3) is 4.82. The van der Waals surface area contributed by atoms with Gasteiger partial charge in [0, 0.05) is 38.2 Å². The molecule has 9 nitrogen and oxygen atoms in total. The molecule has 1 aliphatic carbocycles. The lowest BCUT2D eigenvalue weighted by atomic mass is 10.2. The lowest BCUT2D eigenvalue weighted by Gasteiger charge is -2.36. The van der Waals surface area contributed by atoms with Crippen LogP contribution in [0.25, 0.3) is 5.69 Å². The molecule has 11 heteroatoms. The van der Waals surface area contributed by atoms with Crippen LogP contribution in [-0.4, -0.2) is 70.0 Å². The average Bonchev–Trinajstić information content (AvgIpc) is 3.54. The zero-order valence-electron chi connectivity index (χ0n) is 17.1. The Kier molecular flexibility index (Phi) is 6.12. The lowest BCUT2D eigenvalue weighted by Crippen LogP contribution is -2.51. The Morgan fingerprint density at radius 2 is 2.00 bits per heavy atom. The number of anilines is 1. The second kappa shape index (κ2) is 8.96. The molecule has 1 aromatic heterocycles. The van der Waals surface area contributed by atoms with Gasteiger partial charge in [0.25, 0.3) is 11.1 Å². The Balaban J connectivity index is 1.37. The molecular weight excluding hydrogens is 423 g/mol. The summed E-state index contributed by atoms with van der Waals surface area (Å²) in [5, 5.41) is 11.2. The Morgan fingerprint density at radius 3 is 2.65 bits per heavy atom. The summed E-state index contributed by atoms with van der Waals surface area (Å²) in [5.41, 5.74) is 1.63. The van der Waals surface area contributed by atoms with Crippen LogP contribution in [0.15, 0.2) is 24.4 Å². The lowest BCUT2D eigenvalue weighted by molar-refractivity contribution is -0.145. The van der Waals surface area contributed by atoms with Crippen LogP contribution < -0.4 is 10.2 Å². The monoisotopic (exact) mass is 446 g/mol. The van der Waals surface area contributed by atoms with Crippen molar-refractivity contribution < 1.29 is 18.7 Å². The molecule has 0 atom stereocenters. The molecule has 1 aromatic carbocycles. The van der Waals surface area contributed by atoms with Gasteiger partial charge in [0.05, 0.1) is 31.2 Å². The average molecular weight is 447 g/mol. The summed E-state index contributed by atoms with van der Waals surface area (Å²) >= 11 is 4.92. The summed E-state index contributed by atoms with van der Waals surface area (Å²) in [5.74, 6) is -1.15. The van der Waals surface area contributed by atoms with Crippen LogP contribution in [0.1, 0.15) is 18.5 Å². The highest BCUT2D eigenvalue weighted by molar-refractivity contribution is 7.80. The van der Waals surface area contributed by atoms with Gasteiger partial charge in [0.15, 0.2) is 0 Å². The minimum atomic E-state index is -0.402. The van der Waals surface area contributed by atoms with E-state index in [4.69, 9.17) is 17.0 Å². The Hall–Kier alpha value is -3.08. The number of carbonyl (C=O) groups is 2. The summed E-state index contributed by atoms with van der Waals surface area (Å²) in [6, 6.07) is 4.85. The first kappa shape index (κ1) is 21.2. The minimum absolute atomic E-state index is 0.0832. The first-order valence-corrected chi connectivity index (χ1v) is 10.5. The van der Waals surface area contributed by atoms with Crippen LogP contribution in [0.2, 0.25) is 0 Å². The number of thiocarbonyl (C=S) groups is 1. The van der Waals surface area contributed by atoms with Gasteiger partial charge in [-0.15, -0.1) is 5.10 Å². The van der Waals surface area contributed by atoms with Crippen molar-refractivity contribution in [1.29, 1.82) is 0 Å². The normalized spacial score (nSPS) is 16.2. The van der Waals surface area contributed by atoms with Gasteiger partial charge in [-0.25, -0.2) is 9.07 Å². The molecule has 164 valence electrons. The third-order valence-electron chi connectivity index (χ3n) is 5.40. The van der Waals surface area contributed by atoms with Gasteiger partial charge in [-0.3, -0.25) is 9.59 Å². The molecule has 2 heterocycles. The molecule has 2 aromatic rings. The number of Topliss-reactive ketones (excluding diaryl/α,β-unsaturated/α-hetero) is 1. The third-order valence-corrected chi connectivity index (χ3v) is 5.71. The van der Waals surface area contributed by atoms with E-state index in [9.17, 15) is 14.0 Å². The molecule has 0 bridgehead atoms. The maximum Gasteiger partial charge on any atom is 0.290 e. The number of methoxy groups -OCH3 is 1. The summed E-state index contributed by atoms with van der Waals surface area (Å²) in [6.45, 7) is 2.10. The first-order chi connectivity index (χ1) is 15.0. The number of halogens is 1. The van der Waals surface area contributed by atoms with Gasteiger partial charge < -0.3 is 19.9 Å². The Morgan fingerprint density at radius 1 is 1.26 bits per heavy atom. The van der Waals surface area contributed by atoms with Crippen LogP contribution in [0.5, 0.6) is 0 Å². The molecule has 31 heavy (non-hydrogen) atoms. The first-order valence-electron chi connectivity index (χ1n) is 10.1. The number of nitrogens with one attached hydrogen (secondary N) is 1. The fourth-order valence-corrected chi connectivity index (χ4v) is 3.53. The second-order valence-corrected chi connectivity index (χ2v) is 7.92. The maximum atomic E-state index is 14.8. The quantitative estimate of drug-likeness (QED) is 0.520. The van der Waals surface area contributed by atoms with Crippen LogP contribution in [0, 0.1) is 11.7 Å². The minimum Gasteiger partial charge on any atom is -0.474 e. The molecule has 1 saturated carbocycles. The molecule has 1 N–H and O–H groups in total. The molecule has 1 aliphatic heterocycles. The van der Waals surface area contributed by atoms with Crippen molar-refractivity contribution in [2.45, 2.75) is 19.4 Å². The number of piperazine rings is 1. The van der Waals surface area contributed by atoms with Crippen molar-refractivity contribution in [3.05, 3.63) is 35.9 Å². The van der Waals surface area contributed by atoms with E-state index in [0.717, 1.165) is 12.8 Å². The van der Waals surface area contributed by atoms with Gasteiger partial charge >= 0.3 is 0 Å². The topological polar surface area (TPSA) is 92.6 Å². The van der Waals surface area contributed by atoms with E-state index in [-0.39, 0.29) is 22.7 Å². The molecule has 1 saturated heterocycles. The predicted octanol–water partition coefficient (Wildman–Crippen LogP) is 1.05. The van der Waals surface area contributed by atoms with E-state index in [2.05, 4.69) is 15.6 Å². The van der Waals surface area contributed by atoms with Gasteiger partial charge in [-0.1, -0.05) is 5.21 Å². The second-order valence-electron chi connectivity index (χ2n) is 7.55. The number of nitrogens with zero attached hydrogens (tertiary/aromatic N) is 5. The zero-order valence-corrected chi connectivity index (χ0v) is 17.9. The van der Waals surface area contributed by atoms with E-state index in [0.29, 0.717) is 49.8 Å². The number of ketones is 1. The highest BCUT2D eigenvalue weighted by atomic mass is 32.1. The number of rotatable bonds is 6. The molecular formula is C20H23FN6O3S. The van der Waals surface area contributed by atoms with Crippen LogP contribution in [0.3, 0.4) is 0 Å². The van der Waals surface area contributed by atoms with Crippen molar-refractivity contribution in [3.8, 4) is 5.69 Å². The van der Waals surface area contributed by atoms with Gasteiger partial charge in [-0.05, 0) is 37.2 Å². The smallest absolute Gasteiger partial charge is 0.290 e. The summed E-state index contributed by atoms with van der Waals surface area (Å²) in [6.07, 6.45) is 3.31. The van der Waals surface area contributed by atoms with Gasteiger partial charge in [0.1, 0.15) is 11.5 Å². The molecule has 0 radical (unpaired) electrons. The van der Waals surface area contributed by atoms with Crippen molar-refractivity contribution in [1.82, 2.24) is 25.2 Å². The Labute approximate surface area is 184 Å². The van der Waals surface area contributed by atoms with Crippen LogP contribution >= 0.6 is 12.2 Å². The summed E-state index contributed by atoms with van der Waals surface area (Å²) in [4.78, 5) is 27.7. The molecule has 0 spiro atoms. The molecule has 4 rings (SSSR count). The molecule has 2 aliphatic rings. The predicted molar refractivity (Wildman–Crippen MR) is 114 cm³/mol. The fourth-order valence-electron chi connectivity index (χ4n) is 3.46. The number of ether oxygens (including phenoxy) is 1. The molecule has 0 unspecified atom stereocenters. The van der Waals surface area contributed by atoms with Crippen LogP contribution in [-0.2, 0) is 20.9 Å². The summed E-state index contributed by atoms with van der Waals surface area (Å²) < 4.78 is 21.2. The SMILES string of the molecule is COC(=S)NCc1cn(-c2ccc(N3CCN(C(=O)C(=O)C4CC4)CC3)c(F)c2)nn1. The van der Waals surface area contributed by atoms with E-state index >= 15 is 0 Å². The number of benzene rings is 1. The zero-order chi connectivity index (χ0) is 22.0. The number of hydrogen-bond acceptors (Lipinski definition) is 7. The van der Waals surface area contributed by atoms with Crippen molar-refractivity contribution in [2.24, 2.45) is 5.92 Å². The number of amides is 1. The molecule has 1 amide bonds. The van der Waals surface area contributed by atoms with Gasteiger partial charge in [0.2, 0.25) is 5.78 Å². The van der Waals surface area contributed by atoms with Gasteiger partial charge in [-0.2, -0.15) is 0 Å². The fraction of sp³-hybridized carbons (Fsp3) is 0.450. The highest BCUT2D eigenvalue weighted by Crippen LogP contribution is 2.30. The molecule has 2 fully saturated rings. The number of hydrogen-bond donors (Lipinski definition) is 1. The van der Waals surface area contributed by atoms with E-state index in [1.54, 1.807) is 23.2 Å². The van der Waals surface area contributed by atoms with E-state index in [1.165, 1.54) is 17.9 Å². The largest absolute Gasteiger partial charge is 0.474 e. The summed E-state index contributed by atoms with van der Waals surface area (Å²) in [7, 11) is 1.47. The maximum absolute atomic E-state index is 14.8. The number of aromatic nitrogens is 3. The van der Waals surface area contributed by atoms with Crippen molar-refractivity contribution in [2.75, 3.05) is 38.2 Å². The number of carbonyl (C=O) groups excluding carboxylic acids is 2. The van der Waals surface area contributed by atoms with Crippen molar-refractivity contribution >= 4 is 34.8 Å². The Bertz CT molecular complexity index is 1000. The van der Waals surface area contributed by atoms with E-state index < -0.39 is 5.91 Å². The van der Waals surface area contributed by atoms with Crippen molar-refractivity contribution in [3.63, 3.8) is 0 Å². The van der Waals surface area contributed by atoms with Crippen LogP contribution in [0.4, 0.5) is 10.1 Å².